The van der Waals surface area contributed by atoms with Crippen LogP contribution in [0.25, 0.3) is 0 Å². The van der Waals surface area contributed by atoms with E-state index in [4.69, 9.17) is 4.74 Å². The minimum Gasteiger partial charge on any atom is -0.481 e. The zero-order chi connectivity index (χ0) is 16.4. The number of carboxylic acid groups (broad SMARTS) is 1. The Labute approximate surface area is 133 Å². The molecule has 4 atom stereocenters. The number of alkyl carbamates (subject to hydrolysis) is 1. The van der Waals surface area contributed by atoms with Gasteiger partial charge in [0.05, 0.1) is 12.0 Å². The minimum absolute atomic E-state index is 0.0482. The van der Waals surface area contributed by atoms with Crippen LogP contribution in [-0.2, 0) is 20.9 Å². The van der Waals surface area contributed by atoms with Crippen molar-refractivity contribution in [2.45, 2.75) is 31.9 Å². The number of nitrogens with one attached hydrogen (secondary N) is 1. The van der Waals surface area contributed by atoms with Gasteiger partial charge in [0.2, 0.25) is 0 Å². The highest BCUT2D eigenvalue weighted by Crippen LogP contribution is 2.43. The SMILES string of the molecule is O=C(N[C@@H]1[C@@H](C(=O)O)[C@H]2CC[C@@H]1C(=O)C2)OCc1ccccc1. The van der Waals surface area contributed by atoms with Crippen LogP contribution in [-0.4, -0.2) is 29.0 Å². The van der Waals surface area contributed by atoms with E-state index in [9.17, 15) is 19.5 Å². The maximum Gasteiger partial charge on any atom is 0.407 e. The second-order valence-electron chi connectivity index (χ2n) is 6.21. The first-order chi connectivity index (χ1) is 11.1. The van der Waals surface area contributed by atoms with E-state index in [0.29, 0.717) is 12.8 Å². The minimum atomic E-state index is -0.958. The number of benzene rings is 1. The molecule has 3 saturated carbocycles. The van der Waals surface area contributed by atoms with Crippen molar-refractivity contribution in [3.63, 3.8) is 0 Å². The Balaban J connectivity index is 1.64. The van der Waals surface area contributed by atoms with Gasteiger partial charge in [-0.2, -0.15) is 0 Å². The van der Waals surface area contributed by atoms with Gasteiger partial charge in [0.1, 0.15) is 12.4 Å². The summed E-state index contributed by atoms with van der Waals surface area (Å²) in [5.41, 5.74) is 0.846. The van der Waals surface area contributed by atoms with E-state index >= 15 is 0 Å². The van der Waals surface area contributed by atoms with Gasteiger partial charge in [0.25, 0.3) is 0 Å². The Morgan fingerprint density at radius 2 is 1.96 bits per heavy atom. The summed E-state index contributed by atoms with van der Waals surface area (Å²) >= 11 is 0. The fourth-order valence-corrected chi connectivity index (χ4v) is 3.74. The van der Waals surface area contributed by atoms with Crippen LogP contribution >= 0.6 is 0 Å². The molecule has 4 rings (SSSR count). The summed E-state index contributed by atoms with van der Waals surface area (Å²) in [5.74, 6) is -2.22. The summed E-state index contributed by atoms with van der Waals surface area (Å²) in [6.07, 6.45) is 0.992. The van der Waals surface area contributed by atoms with Crippen molar-refractivity contribution in [2.24, 2.45) is 17.8 Å². The van der Waals surface area contributed by atoms with Gasteiger partial charge in [0, 0.05) is 12.3 Å². The van der Waals surface area contributed by atoms with Gasteiger partial charge in [-0.05, 0) is 24.3 Å². The molecular formula is C17H19NO5. The number of carboxylic acids is 1. The number of aliphatic carboxylic acids is 1. The van der Waals surface area contributed by atoms with Crippen molar-refractivity contribution in [1.82, 2.24) is 5.32 Å². The van der Waals surface area contributed by atoms with Crippen LogP contribution in [0.15, 0.2) is 30.3 Å². The van der Waals surface area contributed by atoms with Gasteiger partial charge in [-0.3, -0.25) is 9.59 Å². The monoisotopic (exact) mass is 317 g/mol. The number of amides is 1. The Morgan fingerprint density at radius 1 is 1.22 bits per heavy atom. The molecule has 23 heavy (non-hydrogen) atoms. The molecule has 6 nitrogen and oxygen atoms in total. The third-order valence-electron chi connectivity index (χ3n) is 4.84. The molecule has 0 aromatic heterocycles. The molecule has 0 spiro atoms. The first-order valence-electron chi connectivity index (χ1n) is 7.79. The van der Waals surface area contributed by atoms with Crippen molar-refractivity contribution in [3.8, 4) is 0 Å². The van der Waals surface area contributed by atoms with Gasteiger partial charge in [-0.1, -0.05) is 30.3 Å². The molecule has 0 saturated heterocycles. The number of hydrogen-bond acceptors (Lipinski definition) is 4. The fourth-order valence-electron chi connectivity index (χ4n) is 3.74. The molecule has 1 aromatic carbocycles. The zero-order valence-corrected chi connectivity index (χ0v) is 12.6. The predicted octanol–water partition coefficient (Wildman–Crippen LogP) is 1.98. The second-order valence-corrected chi connectivity index (χ2v) is 6.21. The van der Waals surface area contributed by atoms with Gasteiger partial charge in [-0.25, -0.2) is 4.79 Å². The number of hydrogen-bond donors (Lipinski definition) is 2. The van der Waals surface area contributed by atoms with Crippen molar-refractivity contribution < 1.29 is 24.2 Å². The molecule has 0 aliphatic heterocycles. The Morgan fingerprint density at radius 3 is 2.61 bits per heavy atom. The molecule has 3 aliphatic carbocycles. The van der Waals surface area contributed by atoms with Gasteiger partial charge < -0.3 is 15.2 Å². The summed E-state index contributed by atoms with van der Waals surface area (Å²) in [6.45, 7) is 0.110. The number of rotatable bonds is 4. The van der Waals surface area contributed by atoms with Crippen molar-refractivity contribution in [3.05, 3.63) is 35.9 Å². The number of fused-ring (bicyclic) bond motifs is 3. The van der Waals surface area contributed by atoms with Crippen LogP contribution in [0.3, 0.4) is 0 Å². The third kappa shape index (κ3) is 3.21. The van der Waals surface area contributed by atoms with Crippen LogP contribution in [0.1, 0.15) is 24.8 Å². The van der Waals surface area contributed by atoms with Gasteiger partial charge in [0.15, 0.2) is 0 Å². The molecule has 3 aliphatic rings. The molecule has 0 radical (unpaired) electrons. The normalized spacial score (nSPS) is 29.1. The van der Waals surface area contributed by atoms with Crippen LogP contribution < -0.4 is 5.32 Å². The van der Waals surface area contributed by atoms with E-state index in [0.717, 1.165) is 12.0 Å². The molecule has 122 valence electrons. The summed E-state index contributed by atoms with van der Waals surface area (Å²) in [5, 5.41) is 12.1. The van der Waals surface area contributed by atoms with E-state index in [-0.39, 0.29) is 18.3 Å². The maximum atomic E-state index is 12.0. The van der Waals surface area contributed by atoms with E-state index in [1.165, 1.54) is 0 Å². The molecule has 0 unspecified atom stereocenters. The van der Waals surface area contributed by atoms with E-state index in [1.807, 2.05) is 30.3 Å². The third-order valence-corrected chi connectivity index (χ3v) is 4.84. The van der Waals surface area contributed by atoms with Crippen molar-refractivity contribution in [2.75, 3.05) is 0 Å². The molecule has 0 heterocycles. The fraction of sp³-hybridized carbons (Fsp3) is 0.471. The molecule has 2 bridgehead atoms. The highest BCUT2D eigenvalue weighted by molar-refractivity contribution is 5.88. The lowest BCUT2D eigenvalue weighted by atomic mass is 9.61. The summed E-state index contributed by atoms with van der Waals surface area (Å²) < 4.78 is 5.15. The first kappa shape index (κ1) is 15.5. The van der Waals surface area contributed by atoms with Crippen molar-refractivity contribution >= 4 is 17.8 Å². The van der Waals surface area contributed by atoms with Crippen LogP contribution in [0.4, 0.5) is 4.79 Å². The molecular weight excluding hydrogens is 298 g/mol. The molecule has 1 amide bonds. The maximum absolute atomic E-state index is 12.0. The van der Waals surface area contributed by atoms with E-state index < -0.39 is 29.9 Å². The Bertz CT molecular complexity index is 615. The lowest BCUT2D eigenvalue weighted by molar-refractivity contribution is -0.152. The predicted molar refractivity (Wildman–Crippen MR) is 80.5 cm³/mol. The highest BCUT2D eigenvalue weighted by Gasteiger charge is 2.52. The van der Waals surface area contributed by atoms with E-state index in [2.05, 4.69) is 5.32 Å². The average Bonchev–Trinajstić information content (AvgIpc) is 2.54. The van der Waals surface area contributed by atoms with Crippen LogP contribution in [0.2, 0.25) is 0 Å². The second kappa shape index (κ2) is 6.40. The van der Waals surface area contributed by atoms with Gasteiger partial charge >= 0.3 is 12.1 Å². The average molecular weight is 317 g/mol. The molecule has 2 N–H and O–H groups in total. The Hall–Kier alpha value is -2.37. The van der Waals surface area contributed by atoms with E-state index in [1.54, 1.807) is 0 Å². The first-order valence-corrected chi connectivity index (χ1v) is 7.79. The topological polar surface area (TPSA) is 92.7 Å². The number of ether oxygens (including phenoxy) is 1. The zero-order valence-electron chi connectivity index (χ0n) is 12.6. The lowest BCUT2D eigenvalue weighted by Crippen LogP contribution is -2.59. The Kier molecular flexibility index (Phi) is 4.32. The number of carbonyl (C=O) groups excluding carboxylic acids is 2. The number of Topliss-reactive ketones (excluding diaryl/α,β-unsaturated/α-hetero) is 1. The largest absolute Gasteiger partial charge is 0.481 e. The standard InChI is InChI=1S/C17H19NO5/c19-13-8-11-6-7-12(13)15(14(11)16(20)21)18-17(22)23-9-10-4-2-1-3-5-10/h1-5,11-12,14-15H,6-9H2,(H,18,22)(H,20,21)/t11-,12+,14-,15-/m0/s1. The highest BCUT2D eigenvalue weighted by atomic mass is 16.5. The number of ketones is 1. The quantitative estimate of drug-likeness (QED) is 0.886. The number of carbonyl (C=O) groups is 3. The summed E-state index contributed by atoms with van der Waals surface area (Å²) in [4.78, 5) is 35.5. The summed E-state index contributed by atoms with van der Waals surface area (Å²) in [6, 6.07) is 8.55. The smallest absolute Gasteiger partial charge is 0.407 e. The van der Waals surface area contributed by atoms with Crippen LogP contribution in [0, 0.1) is 17.8 Å². The van der Waals surface area contributed by atoms with Crippen molar-refractivity contribution in [1.29, 1.82) is 0 Å². The summed E-state index contributed by atoms with van der Waals surface area (Å²) in [7, 11) is 0. The van der Waals surface area contributed by atoms with Crippen LogP contribution in [0.5, 0.6) is 0 Å². The molecule has 1 aromatic rings. The van der Waals surface area contributed by atoms with Gasteiger partial charge in [-0.15, -0.1) is 0 Å². The lowest BCUT2D eigenvalue weighted by Gasteiger charge is -2.45. The molecule has 6 heteroatoms. The molecule has 3 fully saturated rings.